The van der Waals surface area contributed by atoms with Crippen LogP contribution in [-0.2, 0) is 0 Å². The SMILES string of the molecule is Nc1cc(-c2c(F)ccc(F)c2Cl)on1. The van der Waals surface area contributed by atoms with Gasteiger partial charge in [-0.15, -0.1) is 0 Å². The molecule has 1 heterocycles. The summed E-state index contributed by atoms with van der Waals surface area (Å²) in [4.78, 5) is 0. The zero-order chi connectivity index (χ0) is 11.0. The van der Waals surface area contributed by atoms with Gasteiger partial charge in [0.25, 0.3) is 0 Å². The third-order valence-electron chi connectivity index (χ3n) is 1.82. The van der Waals surface area contributed by atoms with Gasteiger partial charge in [-0.3, -0.25) is 0 Å². The molecule has 2 rings (SSSR count). The normalized spacial score (nSPS) is 10.6. The van der Waals surface area contributed by atoms with Crippen molar-refractivity contribution in [3.05, 3.63) is 34.9 Å². The van der Waals surface area contributed by atoms with Crippen molar-refractivity contribution >= 4 is 17.4 Å². The van der Waals surface area contributed by atoms with Crippen LogP contribution in [0.1, 0.15) is 0 Å². The molecule has 3 nitrogen and oxygen atoms in total. The van der Waals surface area contributed by atoms with Gasteiger partial charge in [0.2, 0.25) is 0 Å². The Morgan fingerprint density at radius 1 is 1.27 bits per heavy atom. The highest BCUT2D eigenvalue weighted by Gasteiger charge is 2.17. The van der Waals surface area contributed by atoms with Gasteiger partial charge in [-0.2, -0.15) is 0 Å². The molecule has 0 saturated carbocycles. The van der Waals surface area contributed by atoms with E-state index in [0.29, 0.717) is 0 Å². The summed E-state index contributed by atoms with van der Waals surface area (Å²) in [6, 6.07) is 3.15. The molecule has 6 heteroatoms. The molecule has 15 heavy (non-hydrogen) atoms. The van der Waals surface area contributed by atoms with Crippen LogP contribution in [0.2, 0.25) is 5.02 Å². The molecule has 0 unspecified atom stereocenters. The first-order chi connectivity index (χ1) is 7.09. The van der Waals surface area contributed by atoms with Crippen LogP contribution >= 0.6 is 11.6 Å². The quantitative estimate of drug-likeness (QED) is 0.767. The molecule has 0 atom stereocenters. The molecule has 0 radical (unpaired) electrons. The zero-order valence-corrected chi connectivity index (χ0v) is 8.05. The number of nitrogen functional groups attached to an aromatic ring is 1. The Morgan fingerprint density at radius 2 is 1.93 bits per heavy atom. The minimum Gasteiger partial charge on any atom is -0.381 e. The van der Waals surface area contributed by atoms with Crippen molar-refractivity contribution in [2.24, 2.45) is 0 Å². The van der Waals surface area contributed by atoms with Gasteiger partial charge in [-0.05, 0) is 12.1 Å². The first-order valence-corrected chi connectivity index (χ1v) is 4.33. The van der Waals surface area contributed by atoms with E-state index in [9.17, 15) is 8.78 Å². The van der Waals surface area contributed by atoms with Crippen LogP contribution in [0.3, 0.4) is 0 Å². The van der Waals surface area contributed by atoms with Gasteiger partial charge in [-0.1, -0.05) is 16.8 Å². The number of benzene rings is 1. The standard InChI is InChI=1S/C9H5ClF2N2O/c10-9-5(12)2-1-4(11)8(9)6-3-7(13)14-15-6/h1-3H,(H2,13,14). The molecule has 0 fully saturated rings. The lowest BCUT2D eigenvalue weighted by Crippen LogP contribution is -1.88. The molecular formula is C9H5ClF2N2O. The van der Waals surface area contributed by atoms with Crippen molar-refractivity contribution in [2.45, 2.75) is 0 Å². The van der Waals surface area contributed by atoms with Crippen LogP contribution in [0.15, 0.2) is 22.7 Å². The number of nitrogens with two attached hydrogens (primary N) is 1. The summed E-state index contributed by atoms with van der Waals surface area (Å²) in [5.41, 5.74) is 5.11. The van der Waals surface area contributed by atoms with Crippen LogP contribution in [0, 0.1) is 11.6 Å². The number of anilines is 1. The highest BCUT2D eigenvalue weighted by Crippen LogP contribution is 2.33. The molecule has 2 N–H and O–H groups in total. The number of halogens is 3. The molecule has 0 aliphatic rings. The van der Waals surface area contributed by atoms with Crippen molar-refractivity contribution in [3.8, 4) is 11.3 Å². The third-order valence-corrected chi connectivity index (χ3v) is 2.19. The predicted molar refractivity (Wildman–Crippen MR) is 51.3 cm³/mol. The van der Waals surface area contributed by atoms with Crippen molar-refractivity contribution in [3.63, 3.8) is 0 Å². The average molecular weight is 231 g/mol. The van der Waals surface area contributed by atoms with Crippen LogP contribution in [-0.4, -0.2) is 5.16 Å². The Labute approximate surface area is 88.4 Å². The van der Waals surface area contributed by atoms with E-state index in [1.54, 1.807) is 0 Å². The van der Waals surface area contributed by atoms with Crippen LogP contribution in [0.4, 0.5) is 14.6 Å². The summed E-state index contributed by atoms with van der Waals surface area (Å²) < 4.78 is 31.1. The second-order valence-electron chi connectivity index (χ2n) is 2.83. The Bertz CT molecular complexity index is 513. The molecule has 0 spiro atoms. The molecule has 0 bridgehead atoms. The Morgan fingerprint density at radius 3 is 2.53 bits per heavy atom. The summed E-state index contributed by atoms with van der Waals surface area (Å²) in [6.07, 6.45) is 0. The Balaban J connectivity index is 2.66. The highest BCUT2D eigenvalue weighted by molar-refractivity contribution is 6.33. The number of hydrogen-bond acceptors (Lipinski definition) is 3. The number of nitrogens with zero attached hydrogens (tertiary/aromatic N) is 1. The van der Waals surface area contributed by atoms with Gasteiger partial charge in [0.15, 0.2) is 11.6 Å². The largest absolute Gasteiger partial charge is 0.381 e. The van der Waals surface area contributed by atoms with Crippen LogP contribution in [0.5, 0.6) is 0 Å². The number of aromatic nitrogens is 1. The van der Waals surface area contributed by atoms with E-state index in [-0.39, 0.29) is 22.2 Å². The van der Waals surface area contributed by atoms with Gasteiger partial charge in [0.05, 0.1) is 10.6 Å². The monoisotopic (exact) mass is 230 g/mol. The second kappa shape index (κ2) is 3.51. The summed E-state index contributed by atoms with van der Waals surface area (Å²) in [5.74, 6) is -1.36. The van der Waals surface area contributed by atoms with E-state index < -0.39 is 11.6 Å². The average Bonchev–Trinajstić information content (AvgIpc) is 2.59. The maximum atomic E-state index is 13.3. The molecule has 2 aromatic rings. The first kappa shape index (κ1) is 9.92. The summed E-state index contributed by atoms with van der Waals surface area (Å²) in [6.45, 7) is 0. The second-order valence-corrected chi connectivity index (χ2v) is 3.21. The zero-order valence-electron chi connectivity index (χ0n) is 7.30. The minimum atomic E-state index is -0.733. The lowest BCUT2D eigenvalue weighted by molar-refractivity contribution is 0.433. The van der Waals surface area contributed by atoms with Crippen molar-refractivity contribution in [2.75, 3.05) is 5.73 Å². The third kappa shape index (κ3) is 1.66. The van der Waals surface area contributed by atoms with Crippen molar-refractivity contribution in [1.82, 2.24) is 5.16 Å². The van der Waals surface area contributed by atoms with E-state index in [2.05, 4.69) is 5.16 Å². The molecule has 0 amide bonds. The van der Waals surface area contributed by atoms with Crippen LogP contribution in [0.25, 0.3) is 11.3 Å². The molecular weight excluding hydrogens is 226 g/mol. The molecule has 0 saturated heterocycles. The van der Waals surface area contributed by atoms with Gasteiger partial charge in [0.1, 0.15) is 11.6 Å². The number of rotatable bonds is 1. The first-order valence-electron chi connectivity index (χ1n) is 3.95. The van der Waals surface area contributed by atoms with E-state index in [1.807, 2.05) is 0 Å². The van der Waals surface area contributed by atoms with Gasteiger partial charge >= 0.3 is 0 Å². The van der Waals surface area contributed by atoms with Gasteiger partial charge in [0, 0.05) is 6.07 Å². The topological polar surface area (TPSA) is 52.0 Å². The van der Waals surface area contributed by atoms with E-state index in [0.717, 1.165) is 12.1 Å². The summed E-state index contributed by atoms with van der Waals surface area (Å²) in [5, 5.41) is 3.00. The fraction of sp³-hybridized carbons (Fsp3) is 0. The maximum Gasteiger partial charge on any atom is 0.173 e. The summed E-state index contributed by atoms with van der Waals surface area (Å²) in [7, 11) is 0. The number of hydrogen-bond donors (Lipinski definition) is 1. The highest BCUT2D eigenvalue weighted by atomic mass is 35.5. The molecule has 0 aliphatic heterocycles. The van der Waals surface area contributed by atoms with Crippen molar-refractivity contribution < 1.29 is 13.3 Å². The fourth-order valence-electron chi connectivity index (χ4n) is 1.16. The lowest BCUT2D eigenvalue weighted by Gasteiger charge is -2.01. The predicted octanol–water partition coefficient (Wildman–Crippen LogP) is 2.86. The van der Waals surface area contributed by atoms with Gasteiger partial charge in [-0.25, -0.2) is 8.78 Å². The molecule has 1 aromatic carbocycles. The maximum absolute atomic E-state index is 13.3. The lowest BCUT2D eigenvalue weighted by atomic mass is 10.1. The molecule has 78 valence electrons. The van der Waals surface area contributed by atoms with E-state index >= 15 is 0 Å². The van der Waals surface area contributed by atoms with E-state index in [4.69, 9.17) is 21.9 Å². The molecule has 1 aromatic heterocycles. The van der Waals surface area contributed by atoms with Crippen molar-refractivity contribution in [1.29, 1.82) is 0 Å². The Hall–Kier alpha value is -1.62. The fourth-order valence-corrected chi connectivity index (χ4v) is 1.41. The van der Waals surface area contributed by atoms with E-state index in [1.165, 1.54) is 6.07 Å². The minimum absolute atomic E-state index is 0.00509. The molecule has 0 aliphatic carbocycles. The Kier molecular flexibility index (Phi) is 2.32. The van der Waals surface area contributed by atoms with Crippen LogP contribution < -0.4 is 5.73 Å². The van der Waals surface area contributed by atoms with Gasteiger partial charge < -0.3 is 10.3 Å². The summed E-state index contributed by atoms with van der Waals surface area (Å²) >= 11 is 5.60. The smallest absolute Gasteiger partial charge is 0.173 e.